The van der Waals surface area contributed by atoms with Gasteiger partial charge in [0, 0.05) is 17.5 Å². The molecule has 2 aromatic heterocycles. The predicted octanol–water partition coefficient (Wildman–Crippen LogP) is 5.32. The van der Waals surface area contributed by atoms with E-state index in [0.717, 1.165) is 40.8 Å². The summed E-state index contributed by atoms with van der Waals surface area (Å²) in [6, 6.07) is 12.4. The van der Waals surface area contributed by atoms with Crippen LogP contribution in [0.25, 0.3) is 10.2 Å². The topological polar surface area (TPSA) is 66.7 Å². The summed E-state index contributed by atoms with van der Waals surface area (Å²) in [5, 5.41) is 15.2. The quantitative estimate of drug-likeness (QED) is 0.344. The number of benzene rings is 1. The summed E-state index contributed by atoms with van der Waals surface area (Å²) in [5.74, 6) is 0.728. The highest BCUT2D eigenvalue weighted by Crippen LogP contribution is 2.38. The Morgan fingerprint density at radius 3 is 2.69 bits per heavy atom. The number of methoxy groups -OCH3 is 1. The van der Waals surface area contributed by atoms with E-state index in [-0.39, 0.29) is 11.9 Å². The zero-order valence-electron chi connectivity index (χ0n) is 21.0. The lowest BCUT2D eigenvalue weighted by Crippen LogP contribution is -2.66. The summed E-state index contributed by atoms with van der Waals surface area (Å²) in [6.07, 6.45) is 7.17. The number of amides is 1. The molecule has 188 valence electrons. The van der Waals surface area contributed by atoms with Crippen molar-refractivity contribution in [2.45, 2.75) is 89.7 Å². The standard InChI is InChI=1S/C28H37N3O3S/c1-4-22-15-23-25(35-22)16-24-26(32)31(17-19-10-9-13-21(14-19)34-3)28(2,18-30(23)24)27(33)29-20-11-7-5-6-8-12-20/h9-10,13-16,20,27,29,33H,4-8,11-12,17-18H2,1-3H3. The summed E-state index contributed by atoms with van der Waals surface area (Å²) < 4.78 is 8.70. The van der Waals surface area contributed by atoms with Crippen LogP contribution in [0, 0.1) is 0 Å². The number of aromatic nitrogens is 1. The maximum atomic E-state index is 14.0. The number of hydrogen-bond donors (Lipinski definition) is 2. The molecule has 7 heteroatoms. The van der Waals surface area contributed by atoms with Crippen LogP contribution in [0.4, 0.5) is 0 Å². The molecule has 0 spiro atoms. The molecule has 1 aromatic carbocycles. The van der Waals surface area contributed by atoms with Crippen molar-refractivity contribution >= 4 is 27.5 Å². The Labute approximate surface area is 211 Å². The minimum absolute atomic E-state index is 0.0373. The van der Waals surface area contributed by atoms with E-state index in [0.29, 0.717) is 18.8 Å². The fourth-order valence-corrected chi connectivity index (χ4v) is 6.72. The summed E-state index contributed by atoms with van der Waals surface area (Å²) >= 11 is 1.76. The van der Waals surface area contributed by atoms with E-state index in [9.17, 15) is 9.90 Å². The molecule has 1 aliphatic carbocycles. The first-order valence-electron chi connectivity index (χ1n) is 12.9. The first-order chi connectivity index (χ1) is 16.9. The molecule has 2 unspecified atom stereocenters. The monoisotopic (exact) mass is 495 g/mol. The summed E-state index contributed by atoms with van der Waals surface area (Å²) in [5.41, 5.74) is 1.99. The molecule has 2 atom stereocenters. The van der Waals surface area contributed by atoms with Crippen LogP contribution in [-0.2, 0) is 19.5 Å². The fourth-order valence-electron chi connectivity index (χ4n) is 5.68. The number of nitrogens with zero attached hydrogens (tertiary/aromatic N) is 2. The molecule has 1 fully saturated rings. The van der Waals surface area contributed by atoms with Gasteiger partial charge >= 0.3 is 0 Å². The molecule has 1 saturated carbocycles. The van der Waals surface area contributed by atoms with Crippen LogP contribution in [0.2, 0.25) is 0 Å². The second kappa shape index (κ2) is 9.96. The van der Waals surface area contributed by atoms with Crippen molar-refractivity contribution in [1.29, 1.82) is 0 Å². The Morgan fingerprint density at radius 1 is 1.20 bits per heavy atom. The molecular weight excluding hydrogens is 458 g/mol. The first-order valence-corrected chi connectivity index (χ1v) is 13.8. The van der Waals surface area contributed by atoms with Crippen molar-refractivity contribution in [2.75, 3.05) is 7.11 Å². The molecule has 3 heterocycles. The van der Waals surface area contributed by atoms with Gasteiger partial charge < -0.3 is 19.3 Å². The number of carbonyl (C=O) groups excluding carboxylic acids is 1. The zero-order chi connectivity index (χ0) is 24.6. The highest BCUT2D eigenvalue weighted by molar-refractivity contribution is 7.19. The van der Waals surface area contributed by atoms with Crippen molar-refractivity contribution in [2.24, 2.45) is 0 Å². The Hall–Kier alpha value is -2.35. The number of nitrogens with one attached hydrogen (secondary N) is 1. The van der Waals surface area contributed by atoms with Crippen LogP contribution in [0.15, 0.2) is 36.4 Å². The van der Waals surface area contributed by atoms with Crippen molar-refractivity contribution < 1.29 is 14.6 Å². The van der Waals surface area contributed by atoms with Gasteiger partial charge in [-0.15, -0.1) is 11.3 Å². The predicted molar refractivity (Wildman–Crippen MR) is 141 cm³/mol. The third-order valence-electron chi connectivity index (χ3n) is 7.86. The molecule has 5 rings (SSSR count). The van der Waals surface area contributed by atoms with E-state index in [4.69, 9.17) is 4.74 Å². The highest BCUT2D eigenvalue weighted by Gasteiger charge is 2.47. The lowest BCUT2D eigenvalue weighted by Gasteiger charge is -2.48. The second-order valence-corrected chi connectivity index (χ2v) is 11.5. The molecular formula is C28H37N3O3S. The second-order valence-electron chi connectivity index (χ2n) is 10.3. The largest absolute Gasteiger partial charge is 0.497 e. The normalized spacial score (nSPS) is 22.3. The van der Waals surface area contributed by atoms with E-state index in [1.165, 1.54) is 30.6 Å². The van der Waals surface area contributed by atoms with Crippen LogP contribution in [0.1, 0.15) is 73.3 Å². The average Bonchev–Trinajstić information content (AvgIpc) is 3.30. The minimum Gasteiger partial charge on any atom is -0.497 e. The van der Waals surface area contributed by atoms with Gasteiger partial charge in [-0.3, -0.25) is 10.1 Å². The van der Waals surface area contributed by atoms with E-state index in [2.05, 4.69) is 22.9 Å². The van der Waals surface area contributed by atoms with Gasteiger partial charge in [0.2, 0.25) is 0 Å². The lowest BCUT2D eigenvalue weighted by atomic mass is 9.91. The SMILES string of the molecule is CCc1cc2c(cc3n2CC(C)(C(O)NC2CCCCCC2)N(Cc2cccc(OC)c2)C3=O)s1. The van der Waals surface area contributed by atoms with E-state index in [1.807, 2.05) is 42.2 Å². The van der Waals surface area contributed by atoms with Gasteiger partial charge in [0.25, 0.3) is 5.91 Å². The molecule has 0 saturated heterocycles. The summed E-state index contributed by atoms with van der Waals surface area (Å²) in [6.45, 7) is 5.14. The third kappa shape index (κ3) is 4.61. The third-order valence-corrected chi connectivity index (χ3v) is 9.08. The molecule has 3 aromatic rings. The summed E-state index contributed by atoms with van der Waals surface area (Å²) in [4.78, 5) is 17.2. The van der Waals surface area contributed by atoms with Gasteiger partial charge in [-0.25, -0.2) is 0 Å². The smallest absolute Gasteiger partial charge is 0.271 e. The number of carbonyl (C=O) groups is 1. The minimum atomic E-state index is -0.838. The van der Waals surface area contributed by atoms with Crippen LogP contribution < -0.4 is 10.1 Å². The first kappa shape index (κ1) is 24.3. The molecule has 2 N–H and O–H groups in total. The Bertz CT molecular complexity index is 1190. The van der Waals surface area contributed by atoms with E-state index >= 15 is 0 Å². The Morgan fingerprint density at radius 2 is 1.97 bits per heavy atom. The molecule has 35 heavy (non-hydrogen) atoms. The number of aliphatic hydroxyl groups is 1. The van der Waals surface area contributed by atoms with E-state index in [1.54, 1.807) is 18.4 Å². The van der Waals surface area contributed by atoms with Gasteiger partial charge in [-0.05, 0) is 56.0 Å². The van der Waals surface area contributed by atoms with Gasteiger partial charge in [0.1, 0.15) is 17.7 Å². The van der Waals surface area contributed by atoms with Crippen molar-refractivity contribution in [3.8, 4) is 5.75 Å². The van der Waals surface area contributed by atoms with Crippen molar-refractivity contribution in [1.82, 2.24) is 14.8 Å². The maximum absolute atomic E-state index is 14.0. The molecule has 6 nitrogen and oxygen atoms in total. The average molecular weight is 496 g/mol. The number of fused-ring (bicyclic) bond motifs is 3. The Kier molecular flexibility index (Phi) is 6.93. The van der Waals surface area contributed by atoms with Crippen LogP contribution in [-0.4, -0.2) is 45.4 Å². The number of hydrogen-bond acceptors (Lipinski definition) is 5. The van der Waals surface area contributed by atoms with Crippen molar-refractivity contribution in [3.63, 3.8) is 0 Å². The van der Waals surface area contributed by atoms with E-state index < -0.39 is 11.8 Å². The zero-order valence-corrected chi connectivity index (χ0v) is 21.9. The number of aryl methyl sites for hydroxylation is 1. The number of ether oxygens (including phenoxy) is 1. The molecule has 0 radical (unpaired) electrons. The van der Waals surface area contributed by atoms with Crippen LogP contribution in [0.5, 0.6) is 5.75 Å². The Balaban J connectivity index is 1.52. The number of aliphatic hydroxyl groups excluding tert-OH is 1. The van der Waals surface area contributed by atoms with Crippen LogP contribution in [0.3, 0.4) is 0 Å². The summed E-state index contributed by atoms with van der Waals surface area (Å²) in [7, 11) is 1.65. The maximum Gasteiger partial charge on any atom is 0.271 e. The lowest BCUT2D eigenvalue weighted by molar-refractivity contribution is -0.0536. The molecule has 2 aliphatic rings. The fraction of sp³-hybridized carbons (Fsp3) is 0.536. The molecule has 1 aliphatic heterocycles. The van der Waals surface area contributed by atoms with Gasteiger partial charge in [0.05, 0.1) is 29.4 Å². The molecule has 0 bridgehead atoms. The number of rotatable bonds is 7. The molecule has 1 amide bonds. The highest BCUT2D eigenvalue weighted by atomic mass is 32.1. The van der Waals surface area contributed by atoms with Gasteiger partial charge in [0.15, 0.2) is 0 Å². The van der Waals surface area contributed by atoms with Gasteiger partial charge in [-0.1, -0.05) is 44.7 Å². The van der Waals surface area contributed by atoms with Crippen molar-refractivity contribution in [3.05, 3.63) is 52.5 Å². The number of thiophene rings is 1. The van der Waals surface area contributed by atoms with Gasteiger partial charge in [-0.2, -0.15) is 0 Å². The van der Waals surface area contributed by atoms with Crippen LogP contribution >= 0.6 is 11.3 Å².